The summed E-state index contributed by atoms with van der Waals surface area (Å²) in [6, 6.07) is 2.74. The molecule has 1 aromatic heterocycles. The molecule has 1 rings (SSSR count). The van der Waals surface area contributed by atoms with Crippen LogP contribution in [-0.4, -0.2) is 51.0 Å². The van der Waals surface area contributed by atoms with Gasteiger partial charge in [-0.1, -0.05) is 18.5 Å². The maximum Gasteiger partial charge on any atom is 0.323 e. The summed E-state index contributed by atoms with van der Waals surface area (Å²) in [6.45, 7) is 0.415. The van der Waals surface area contributed by atoms with Gasteiger partial charge in [0.2, 0.25) is 0 Å². The van der Waals surface area contributed by atoms with Crippen LogP contribution in [0.15, 0.2) is 12.1 Å². The molecule has 20 heavy (non-hydrogen) atoms. The van der Waals surface area contributed by atoms with Crippen molar-refractivity contribution in [1.82, 2.24) is 9.88 Å². The van der Waals surface area contributed by atoms with Gasteiger partial charge in [0.05, 0.1) is 0 Å². The second kappa shape index (κ2) is 6.85. The van der Waals surface area contributed by atoms with E-state index in [0.717, 1.165) is 4.90 Å². The quantitative estimate of drug-likeness (QED) is 0.756. The number of aryl methyl sites for hydroxylation is 1. The van der Waals surface area contributed by atoms with Gasteiger partial charge in [-0.3, -0.25) is 14.4 Å². The van der Waals surface area contributed by atoms with Gasteiger partial charge in [0, 0.05) is 11.3 Å². The lowest BCUT2D eigenvalue weighted by atomic mass is 10.1. The molecule has 0 aliphatic rings. The second-order valence-corrected chi connectivity index (χ2v) is 4.36. The average molecular weight is 301 g/mol. The number of nitrogens with zero attached hydrogens (tertiary/aromatic N) is 2. The number of rotatable bonds is 6. The molecule has 0 spiro atoms. The van der Waals surface area contributed by atoms with Gasteiger partial charge in [0.25, 0.3) is 5.91 Å². The molecule has 7 nitrogen and oxygen atoms in total. The van der Waals surface area contributed by atoms with Crippen LogP contribution < -0.4 is 0 Å². The first kappa shape index (κ1) is 15.9. The Balaban J connectivity index is 3.07. The first-order chi connectivity index (χ1) is 9.33. The summed E-state index contributed by atoms with van der Waals surface area (Å²) in [5.74, 6) is -3.31. The minimum Gasteiger partial charge on any atom is -0.480 e. The lowest BCUT2D eigenvalue weighted by molar-refractivity contribution is -0.140. The molecule has 1 aromatic rings. The molecule has 0 aliphatic heterocycles. The van der Waals surface area contributed by atoms with E-state index in [2.05, 4.69) is 4.98 Å². The van der Waals surface area contributed by atoms with Crippen molar-refractivity contribution in [3.63, 3.8) is 0 Å². The largest absolute Gasteiger partial charge is 0.480 e. The fourth-order valence-electron chi connectivity index (χ4n) is 1.56. The summed E-state index contributed by atoms with van der Waals surface area (Å²) >= 11 is 5.77. The monoisotopic (exact) mass is 300 g/mol. The van der Waals surface area contributed by atoms with Crippen LogP contribution in [0.2, 0.25) is 5.15 Å². The van der Waals surface area contributed by atoms with Gasteiger partial charge in [-0.2, -0.15) is 0 Å². The molecule has 0 fully saturated rings. The Morgan fingerprint density at radius 3 is 2.20 bits per heavy atom. The summed E-state index contributed by atoms with van der Waals surface area (Å²) in [4.78, 5) is 38.2. The zero-order valence-electron chi connectivity index (χ0n) is 10.7. The van der Waals surface area contributed by atoms with Crippen LogP contribution in [0.5, 0.6) is 0 Å². The highest BCUT2D eigenvalue weighted by Gasteiger charge is 2.22. The molecule has 0 atom stereocenters. The normalized spacial score (nSPS) is 10.1. The van der Waals surface area contributed by atoms with Crippen molar-refractivity contribution in [2.45, 2.75) is 13.3 Å². The number of carboxylic acids is 2. The maximum absolute atomic E-state index is 12.1. The van der Waals surface area contributed by atoms with E-state index >= 15 is 0 Å². The van der Waals surface area contributed by atoms with Gasteiger partial charge in [0.15, 0.2) is 0 Å². The third-order valence-electron chi connectivity index (χ3n) is 2.40. The van der Waals surface area contributed by atoms with Crippen LogP contribution in [0, 0.1) is 0 Å². The van der Waals surface area contributed by atoms with Gasteiger partial charge in [0.1, 0.15) is 18.2 Å². The summed E-state index contributed by atoms with van der Waals surface area (Å²) in [7, 11) is 0. The van der Waals surface area contributed by atoms with E-state index in [0.29, 0.717) is 12.1 Å². The van der Waals surface area contributed by atoms with Gasteiger partial charge in [-0.25, -0.2) is 4.98 Å². The Labute approximate surface area is 119 Å². The fraction of sp³-hybridized carbons (Fsp3) is 0.333. The molecule has 108 valence electrons. The molecule has 0 bridgehead atoms. The van der Waals surface area contributed by atoms with E-state index in [1.807, 2.05) is 6.92 Å². The smallest absolute Gasteiger partial charge is 0.323 e. The van der Waals surface area contributed by atoms with Crippen LogP contribution in [-0.2, 0) is 16.0 Å². The zero-order valence-corrected chi connectivity index (χ0v) is 11.4. The van der Waals surface area contributed by atoms with Crippen LogP contribution in [0.1, 0.15) is 23.0 Å². The number of aromatic nitrogens is 1. The molecule has 0 saturated carbocycles. The maximum atomic E-state index is 12.1. The molecule has 8 heteroatoms. The van der Waals surface area contributed by atoms with Crippen molar-refractivity contribution in [3.05, 3.63) is 28.5 Å². The number of carboxylic acid groups (broad SMARTS) is 2. The van der Waals surface area contributed by atoms with Crippen molar-refractivity contribution in [1.29, 1.82) is 0 Å². The summed E-state index contributed by atoms with van der Waals surface area (Å²) in [5.41, 5.74) is 0.677. The number of aliphatic carboxylic acids is 2. The lowest BCUT2D eigenvalue weighted by Gasteiger charge is -2.18. The molecule has 0 radical (unpaired) electrons. The first-order valence-corrected chi connectivity index (χ1v) is 6.10. The van der Waals surface area contributed by atoms with Crippen LogP contribution in [0.3, 0.4) is 0 Å². The van der Waals surface area contributed by atoms with Gasteiger partial charge in [-0.15, -0.1) is 0 Å². The highest BCUT2D eigenvalue weighted by molar-refractivity contribution is 6.29. The van der Waals surface area contributed by atoms with Gasteiger partial charge >= 0.3 is 11.9 Å². The fourth-order valence-corrected chi connectivity index (χ4v) is 1.79. The van der Waals surface area contributed by atoms with E-state index < -0.39 is 30.9 Å². The van der Waals surface area contributed by atoms with E-state index in [-0.39, 0.29) is 10.7 Å². The molecule has 0 aromatic carbocycles. The highest BCUT2D eigenvalue weighted by atomic mass is 35.5. The number of hydrogen-bond acceptors (Lipinski definition) is 4. The Bertz CT molecular complexity index is 531. The zero-order chi connectivity index (χ0) is 15.3. The molecular weight excluding hydrogens is 288 g/mol. The molecule has 0 unspecified atom stereocenters. The van der Waals surface area contributed by atoms with Gasteiger partial charge < -0.3 is 15.1 Å². The Morgan fingerprint density at radius 2 is 1.75 bits per heavy atom. The van der Waals surface area contributed by atoms with Gasteiger partial charge in [-0.05, 0) is 18.6 Å². The highest BCUT2D eigenvalue weighted by Crippen LogP contribution is 2.13. The number of carbonyl (C=O) groups is 3. The molecule has 1 heterocycles. The summed E-state index contributed by atoms with van der Waals surface area (Å²) in [6.07, 6.45) is 0.540. The van der Waals surface area contributed by atoms with Crippen LogP contribution in [0.4, 0.5) is 0 Å². The van der Waals surface area contributed by atoms with Crippen LogP contribution >= 0.6 is 11.6 Å². The number of amides is 1. The number of carbonyl (C=O) groups excluding carboxylic acids is 1. The lowest BCUT2D eigenvalue weighted by Crippen LogP contribution is -2.39. The topological polar surface area (TPSA) is 108 Å². The standard InChI is InChI=1S/C12H13ClN2O5/c1-2-8-3-7(4-9(13)14-8)12(20)15(5-10(16)17)6-11(18)19/h3-4H,2,5-6H2,1H3,(H,16,17)(H,18,19). The van der Waals surface area contributed by atoms with Crippen molar-refractivity contribution >= 4 is 29.4 Å². The van der Waals surface area contributed by atoms with Crippen molar-refractivity contribution < 1.29 is 24.6 Å². The predicted molar refractivity (Wildman–Crippen MR) is 69.8 cm³/mol. The average Bonchev–Trinajstić information content (AvgIpc) is 2.35. The first-order valence-electron chi connectivity index (χ1n) is 5.72. The second-order valence-electron chi connectivity index (χ2n) is 3.97. The minimum absolute atomic E-state index is 0.0956. The third kappa shape index (κ3) is 4.51. The number of halogens is 1. The summed E-state index contributed by atoms with van der Waals surface area (Å²) < 4.78 is 0. The Hall–Kier alpha value is -2.15. The Kier molecular flexibility index (Phi) is 5.45. The summed E-state index contributed by atoms with van der Waals surface area (Å²) in [5, 5.41) is 17.5. The number of hydrogen-bond donors (Lipinski definition) is 2. The SMILES string of the molecule is CCc1cc(C(=O)N(CC(=O)O)CC(=O)O)cc(Cl)n1. The van der Waals surface area contributed by atoms with Crippen molar-refractivity contribution in [3.8, 4) is 0 Å². The minimum atomic E-state index is -1.30. The Morgan fingerprint density at radius 1 is 1.20 bits per heavy atom. The molecule has 0 aliphatic carbocycles. The van der Waals surface area contributed by atoms with E-state index in [1.54, 1.807) is 0 Å². The van der Waals surface area contributed by atoms with E-state index in [9.17, 15) is 14.4 Å². The van der Waals surface area contributed by atoms with E-state index in [1.165, 1.54) is 12.1 Å². The molecular formula is C12H13ClN2O5. The molecule has 0 saturated heterocycles. The third-order valence-corrected chi connectivity index (χ3v) is 2.59. The number of pyridine rings is 1. The molecule has 2 N–H and O–H groups in total. The van der Waals surface area contributed by atoms with Crippen LogP contribution in [0.25, 0.3) is 0 Å². The molecule has 1 amide bonds. The van der Waals surface area contributed by atoms with Crippen molar-refractivity contribution in [2.24, 2.45) is 0 Å². The predicted octanol–water partition coefficient (Wildman–Crippen LogP) is 0.909. The van der Waals surface area contributed by atoms with E-state index in [4.69, 9.17) is 21.8 Å². The van der Waals surface area contributed by atoms with Crippen molar-refractivity contribution in [2.75, 3.05) is 13.1 Å².